The van der Waals surface area contributed by atoms with E-state index in [0.717, 1.165) is 36.3 Å². The Balaban J connectivity index is 1.25. The minimum Gasteiger partial charge on any atom is -0.493 e. The van der Waals surface area contributed by atoms with Crippen molar-refractivity contribution in [3.8, 4) is 23.0 Å². The van der Waals surface area contributed by atoms with Crippen LogP contribution in [0.15, 0.2) is 66.9 Å². The molecule has 1 aliphatic rings. The number of amides is 3. The van der Waals surface area contributed by atoms with E-state index in [1.54, 1.807) is 24.3 Å². The fraction of sp³-hybridized carbons (Fsp3) is 0.281. The molecule has 13 heteroatoms. The van der Waals surface area contributed by atoms with Gasteiger partial charge in [-0.05, 0) is 67.9 Å². The Morgan fingerprint density at radius 2 is 1.84 bits per heavy atom. The lowest BCUT2D eigenvalue weighted by molar-refractivity contribution is -0.119. The molecule has 3 amide bonds. The molecule has 4 aromatic rings. The SMILES string of the molecule is COc1cc2c(Oc3ccc(N(S)C(=O)NC(=O)Cc4cccc(F)c4)cc3F)ccnc2cc1OCC(O)CN1CCCC1. The van der Waals surface area contributed by atoms with Gasteiger partial charge < -0.3 is 24.2 Å². The summed E-state index contributed by atoms with van der Waals surface area (Å²) in [6.07, 6.45) is 2.86. The monoisotopic (exact) mass is 638 g/mol. The van der Waals surface area contributed by atoms with Gasteiger partial charge in [-0.3, -0.25) is 15.1 Å². The number of likely N-dealkylation sites (tertiary alicyclic amines) is 1. The number of thiol groups is 1. The maximum Gasteiger partial charge on any atom is 0.338 e. The van der Waals surface area contributed by atoms with Crippen molar-refractivity contribution >= 4 is 41.3 Å². The van der Waals surface area contributed by atoms with Crippen LogP contribution in [0.25, 0.3) is 10.9 Å². The Labute approximate surface area is 264 Å². The van der Waals surface area contributed by atoms with Gasteiger partial charge >= 0.3 is 6.03 Å². The van der Waals surface area contributed by atoms with Crippen LogP contribution < -0.4 is 23.8 Å². The van der Waals surface area contributed by atoms with Gasteiger partial charge in [0.15, 0.2) is 23.1 Å². The van der Waals surface area contributed by atoms with E-state index in [9.17, 15) is 19.1 Å². The van der Waals surface area contributed by atoms with Gasteiger partial charge in [-0.25, -0.2) is 17.9 Å². The van der Waals surface area contributed by atoms with Crippen molar-refractivity contribution in [2.24, 2.45) is 0 Å². The van der Waals surface area contributed by atoms with E-state index in [-0.39, 0.29) is 30.2 Å². The number of β-amino-alcohol motifs (C(OH)–C–C–N with tert-alkyl or cyclic N) is 1. The number of aliphatic hydroxyl groups excluding tert-OH is 1. The standard InChI is InChI=1S/C32H32F2N4O6S/c1-42-29-16-24-26(17-30(29)43-19-23(39)18-37-11-2-3-12-37)35-10-9-27(24)44-28-8-7-22(15-25(28)34)38(45)32(41)36-31(40)14-20-5-4-6-21(33)13-20/h4-10,13,15-17,23,39,45H,2-3,11-12,14,18-19H2,1H3,(H,36,40,41). The maximum atomic E-state index is 15.2. The number of hydrogen-bond donors (Lipinski definition) is 3. The molecule has 2 N–H and O–H groups in total. The first-order chi connectivity index (χ1) is 21.7. The Hall–Kier alpha value is -4.46. The average Bonchev–Trinajstić information content (AvgIpc) is 3.53. The lowest BCUT2D eigenvalue weighted by Gasteiger charge is -2.20. The molecular formula is C32H32F2N4O6S. The number of carbonyl (C=O) groups is 2. The fourth-order valence-corrected chi connectivity index (χ4v) is 5.15. The highest BCUT2D eigenvalue weighted by molar-refractivity contribution is 7.82. The van der Waals surface area contributed by atoms with Crippen molar-refractivity contribution in [1.29, 1.82) is 0 Å². The van der Waals surface area contributed by atoms with Crippen LogP contribution >= 0.6 is 12.8 Å². The van der Waals surface area contributed by atoms with Crippen LogP contribution in [-0.2, 0) is 11.2 Å². The number of carbonyl (C=O) groups excluding carboxylic acids is 2. The summed E-state index contributed by atoms with van der Waals surface area (Å²) in [4.78, 5) is 31.4. The van der Waals surface area contributed by atoms with Gasteiger partial charge in [0.2, 0.25) is 5.91 Å². The third-order valence-electron chi connectivity index (χ3n) is 7.16. The number of imide groups is 1. The van der Waals surface area contributed by atoms with Crippen LogP contribution in [0.3, 0.4) is 0 Å². The van der Waals surface area contributed by atoms with E-state index in [2.05, 4.69) is 28.0 Å². The second kappa shape index (κ2) is 14.5. The number of methoxy groups -OCH3 is 1. The number of nitrogens with zero attached hydrogens (tertiary/aromatic N) is 3. The minimum absolute atomic E-state index is 0.0363. The number of nitrogens with one attached hydrogen (secondary N) is 1. The van der Waals surface area contributed by atoms with Gasteiger partial charge in [0, 0.05) is 30.3 Å². The van der Waals surface area contributed by atoms with Gasteiger partial charge in [-0.2, -0.15) is 0 Å². The van der Waals surface area contributed by atoms with Gasteiger partial charge in [-0.15, -0.1) is 0 Å². The number of aliphatic hydroxyl groups is 1. The Morgan fingerprint density at radius 1 is 1.04 bits per heavy atom. The summed E-state index contributed by atoms with van der Waals surface area (Å²) in [7, 11) is 1.48. The molecular weight excluding hydrogens is 606 g/mol. The molecule has 1 fully saturated rings. The number of rotatable bonds is 11. The smallest absolute Gasteiger partial charge is 0.338 e. The molecule has 0 radical (unpaired) electrons. The third-order valence-corrected chi connectivity index (χ3v) is 7.57. The minimum atomic E-state index is -0.915. The molecule has 5 rings (SSSR count). The first-order valence-electron chi connectivity index (χ1n) is 14.2. The average molecular weight is 639 g/mol. The topological polar surface area (TPSA) is 113 Å². The summed E-state index contributed by atoms with van der Waals surface area (Å²) >= 11 is 4.10. The van der Waals surface area contributed by atoms with Crippen molar-refractivity contribution in [1.82, 2.24) is 15.2 Å². The summed E-state index contributed by atoms with van der Waals surface area (Å²) in [5.74, 6) is -1.06. The number of aromatic nitrogens is 1. The largest absolute Gasteiger partial charge is 0.493 e. The number of pyridine rings is 1. The number of benzene rings is 3. The predicted molar refractivity (Wildman–Crippen MR) is 167 cm³/mol. The van der Waals surface area contributed by atoms with E-state index in [0.29, 0.717) is 34.5 Å². The molecule has 3 aromatic carbocycles. The third kappa shape index (κ3) is 8.18. The van der Waals surface area contributed by atoms with Crippen LogP contribution in [-0.4, -0.2) is 66.4 Å². The quantitative estimate of drug-likeness (QED) is 0.190. The Bertz CT molecular complexity index is 1690. The van der Waals surface area contributed by atoms with E-state index in [1.807, 2.05) is 0 Å². The number of fused-ring (bicyclic) bond motifs is 1. The highest BCUT2D eigenvalue weighted by Crippen LogP contribution is 2.38. The summed E-state index contributed by atoms with van der Waals surface area (Å²) in [5.41, 5.74) is 0.917. The normalized spacial score (nSPS) is 13.8. The molecule has 1 atom stereocenters. The molecule has 1 unspecified atom stereocenters. The molecule has 1 aromatic heterocycles. The Kier molecular flexibility index (Phi) is 10.3. The first kappa shape index (κ1) is 31.9. The van der Waals surface area contributed by atoms with Gasteiger partial charge in [0.1, 0.15) is 24.3 Å². The van der Waals surface area contributed by atoms with Crippen molar-refractivity contribution < 1.29 is 37.7 Å². The molecule has 2 heterocycles. The summed E-state index contributed by atoms with van der Waals surface area (Å²) in [6, 6.07) is 13.2. The highest BCUT2D eigenvalue weighted by atomic mass is 32.1. The van der Waals surface area contributed by atoms with Crippen molar-refractivity contribution in [2.45, 2.75) is 25.4 Å². The van der Waals surface area contributed by atoms with Crippen molar-refractivity contribution in [2.75, 3.05) is 37.7 Å². The van der Waals surface area contributed by atoms with E-state index < -0.39 is 29.7 Å². The molecule has 236 valence electrons. The fourth-order valence-electron chi connectivity index (χ4n) is 4.98. The zero-order valence-electron chi connectivity index (χ0n) is 24.4. The number of hydrogen-bond acceptors (Lipinski definition) is 9. The van der Waals surface area contributed by atoms with Gasteiger partial charge in [0.25, 0.3) is 0 Å². The molecule has 1 aliphatic heterocycles. The van der Waals surface area contributed by atoms with Crippen LogP contribution in [0, 0.1) is 11.6 Å². The van der Waals surface area contributed by atoms with Crippen LogP contribution in [0.5, 0.6) is 23.0 Å². The Morgan fingerprint density at radius 3 is 2.58 bits per heavy atom. The van der Waals surface area contributed by atoms with E-state index >= 15 is 4.39 Å². The second-order valence-corrected chi connectivity index (χ2v) is 10.9. The zero-order chi connectivity index (χ0) is 31.9. The lowest BCUT2D eigenvalue weighted by Crippen LogP contribution is -2.39. The second-order valence-electron chi connectivity index (χ2n) is 10.5. The molecule has 0 bridgehead atoms. The number of ether oxygens (including phenoxy) is 3. The summed E-state index contributed by atoms with van der Waals surface area (Å²) in [6.45, 7) is 2.54. The van der Waals surface area contributed by atoms with E-state index in [4.69, 9.17) is 14.2 Å². The molecule has 10 nitrogen and oxygen atoms in total. The number of urea groups is 1. The zero-order valence-corrected chi connectivity index (χ0v) is 25.3. The summed E-state index contributed by atoms with van der Waals surface area (Å²) in [5, 5.41) is 13.1. The molecule has 0 spiro atoms. The van der Waals surface area contributed by atoms with E-state index in [1.165, 1.54) is 43.6 Å². The van der Waals surface area contributed by atoms with Crippen LogP contribution in [0.4, 0.5) is 19.3 Å². The highest BCUT2D eigenvalue weighted by Gasteiger charge is 2.20. The lowest BCUT2D eigenvalue weighted by atomic mass is 10.1. The number of anilines is 1. The molecule has 0 saturated carbocycles. The van der Waals surface area contributed by atoms with Gasteiger partial charge in [-0.1, -0.05) is 24.9 Å². The molecule has 45 heavy (non-hydrogen) atoms. The first-order valence-corrected chi connectivity index (χ1v) is 14.6. The maximum absolute atomic E-state index is 15.2. The van der Waals surface area contributed by atoms with Crippen LogP contribution in [0.1, 0.15) is 18.4 Å². The molecule has 0 aliphatic carbocycles. The predicted octanol–water partition coefficient (Wildman–Crippen LogP) is 5.28. The number of halogens is 2. The summed E-state index contributed by atoms with van der Waals surface area (Å²) < 4.78 is 46.6. The van der Waals surface area contributed by atoms with Crippen molar-refractivity contribution in [3.63, 3.8) is 0 Å². The van der Waals surface area contributed by atoms with Crippen LogP contribution in [0.2, 0.25) is 0 Å². The van der Waals surface area contributed by atoms with Crippen molar-refractivity contribution in [3.05, 3.63) is 84.1 Å². The molecule has 1 saturated heterocycles. The van der Waals surface area contributed by atoms with Gasteiger partial charge in [0.05, 0.1) is 24.7 Å².